The quantitative estimate of drug-likeness (QED) is 0.424. The molecule has 1 aliphatic rings. The Morgan fingerprint density at radius 2 is 1.85 bits per heavy atom. The Morgan fingerprint density at radius 1 is 1.23 bits per heavy atom. The lowest BCUT2D eigenvalue weighted by Crippen LogP contribution is -2.30. The summed E-state index contributed by atoms with van der Waals surface area (Å²) in [7, 11) is 1.63. The SMILES string of the molecule is C=N/C(NC1(C)CC1)=C(\C)C(C(=O)NCc1ccc(OC)cc1)=C(C)C. The zero-order valence-electron chi connectivity index (χ0n) is 16.4. The molecule has 0 heterocycles. The maximum absolute atomic E-state index is 12.8. The van der Waals surface area contributed by atoms with E-state index in [9.17, 15) is 4.79 Å². The predicted molar refractivity (Wildman–Crippen MR) is 106 cm³/mol. The summed E-state index contributed by atoms with van der Waals surface area (Å²) >= 11 is 0. The van der Waals surface area contributed by atoms with E-state index in [0.29, 0.717) is 17.9 Å². The van der Waals surface area contributed by atoms with Gasteiger partial charge in [0.25, 0.3) is 5.91 Å². The number of methoxy groups -OCH3 is 1. The first-order chi connectivity index (χ1) is 12.3. The van der Waals surface area contributed by atoms with Crippen LogP contribution >= 0.6 is 0 Å². The van der Waals surface area contributed by atoms with E-state index in [2.05, 4.69) is 29.3 Å². The average Bonchev–Trinajstić information content (AvgIpc) is 3.35. The number of amides is 1. The molecule has 1 amide bonds. The van der Waals surface area contributed by atoms with Crippen LogP contribution in [0.15, 0.2) is 51.8 Å². The number of hydrogen-bond acceptors (Lipinski definition) is 4. The summed E-state index contributed by atoms with van der Waals surface area (Å²) in [6.45, 7) is 12.1. The van der Waals surface area contributed by atoms with E-state index in [4.69, 9.17) is 4.74 Å². The highest BCUT2D eigenvalue weighted by molar-refractivity contribution is 5.98. The molecular formula is C21H29N3O2. The molecule has 0 spiro atoms. The minimum atomic E-state index is -0.109. The number of aliphatic imine (C=N–C) groups is 1. The number of nitrogens with zero attached hydrogens (tertiary/aromatic N) is 1. The molecule has 0 radical (unpaired) electrons. The second-order valence-corrected chi connectivity index (χ2v) is 7.22. The van der Waals surface area contributed by atoms with Crippen LogP contribution in [0.1, 0.15) is 46.1 Å². The average molecular weight is 355 g/mol. The van der Waals surface area contributed by atoms with Crippen molar-refractivity contribution in [1.82, 2.24) is 10.6 Å². The maximum atomic E-state index is 12.8. The van der Waals surface area contributed by atoms with Crippen molar-refractivity contribution in [1.29, 1.82) is 0 Å². The Hall–Kier alpha value is -2.56. The molecule has 5 heteroatoms. The largest absolute Gasteiger partial charge is 0.497 e. The van der Waals surface area contributed by atoms with E-state index in [1.54, 1.807) is 7.11 Å². The van der Waals surface area contributed by atoms with E-state index in [0.717, 1.165) is 35.3 Å². The number of benzene rings is 1. The first-order valence-electron chi connectivity index (χ1n) is 8.84. The third kappa shape index (κ3) is 4.97. The Bertz CT molecular complexity index is 737. The number of carbonyl (C=O) groups is 1. The number of allylic oxidation sites excluding steroid dienone is 1. The summed E-state index contributed by atoms with van der Waals surface area (Å²) < 4.78 is 5.16. The van der Waals surface area contributed by atoms with Crippen molar-refractivity contribution in [2.24, 2.45) is 4.99 Å². The van der Waals surface area contributed by atoms with Gasteiger partial charge in [-0.05, 0) is 65.0 Å². The lowest BCUT2D eigenvalue weighted by Gasteiger charge is -2.18. The summed E-state index contributed by atoms with van der Waals surface area (Å²) in [6, 6.07) is 7.65. The summed E-state index contributed by atoms with van der Waals surface area (Å²) in [6.07, 6.45) is 2.21. The van der Waals surface area contributed by atoms with Gasteiger partial charge in [0.1, 0.15) is 11.6 Å². The molecule has 1 aliphatic carbocycles. The minimum absolute atomic E-state index is 0.0735. The molecule has 0 atom stereocenters. The van der Waals surface area contributed by atoms with E-state index >= 15 is 0 Å². The third-order valence-electron chi connectivity index (χ3n) is 4.65. The third-order valence-corrected chi connectivity index (χ3v) is 4.65. The fourth-order valence-corrected chi connectivity index (χ4v) is 2.76. The second kappa shape index (κ2) is 8.21. The Kier molecular flexibility index (Phi) is 6.24. The highest BCUT2D eigenvalue weighted by atomic mass is 16.5. The van der Waals surface area contributed by atoms with Gasteiger partial charge in [0.15, 0.2) is 0 Å². The standard InChI is InChI=1S/C21H29N3O2/c1-14(2)18(15(3)19(22-5)24-21(4)11-12-21)20(25)23-13-16-7-9-17(26-6)10-8-16/h7-10,24H,5,11-13H2,1-4,6H3,(H,23,25)/b19-15-. The van der Waals surface area contributed by atoms with Gasteiger partial charge in [-0.25, -0.2) is 4.99 Å². The van der Waals surface area contributed by atoms with Crippen LogP contribution in [0, 0.1) is 0 Å². The topological polar surface area (TPSA) is 62.7 Å². The van der Waals surface area contributed by atoms with Crippen LogP contribution in [-0.4, -0.2) is 25.3 Å². The van der Waals surface area contributed by atoms with Crippen molar-refractivity contribution >= 4 is 12.6 Å². The van der Waals surface area contributed by atoms with Crippen LogP contribution < -0.4 is 15.4 Å². The Balaban J connectivity index is 2.13. The van der Waals surface area contributed by atoms with Crippen molar-refractivity contribution in [2.75, 3.05) is 7.11 Å². The molecule has 0 aliphatic heterocycles. The number of rotatable bonds is 8. The van der Waals surface area contributed by atoms with E-state index in [1.807, 2.05) is 45.0 Å². The van der Waals surface area contributed by atoms with Gasteiger partial charge in [0, 0.05) is 23.2 Å². The Labute approximate surface area is 156 Å². The van der Waals surface area contributed by atoms with E-state index in [1.165, 1.54) is 0 Å². The number of nitrogens with one attached hydrogen (secondary N) is 2. The monoisotopic (exact) mass is 355 g/mol. The summed E-state index contributed by atoms with van der Waals surface area (Å²) in [5.74, 6) is 1.37. The molecule has 140 valence electrons. The number of carbonyl (C=O) groups excluding carboxylic acids is 1. The smallest absolute Gasteiger partial charge is 0.251 e. The molecular weight excluding hydrogens is 326 g/mol. The van der Waals surface area contributed by atoms with E-state index in [-0.39, 0.29) is 11.4 Å². The summed E-state index contributed by atoms with van der Waals surface area (Å²) in [4.78, 5) is 16.9. The number of ether oxygens (including phenoxy) is 1. The van der Waals surface area contributed by atoms with Crippen molar-refractivity contribution in [3.63, 3.8) is 0 Å². The highest BCUT2D eigenvalue weighted by Gasteiger charge is 2.38. The second-order valence-electron chi connectivity index (χ2n) is 7.22. The fraction of sp³-hybridized carbons (Fsp3) is 0.429. The normalized spacial score (nSPS) is 15.4. The minimum Gasteiger partial charge on any atom is -0.497 e. The Morgan fingerprint density at radius 3 is 2.31 bits per heavy atom. The molecule has 2 rings (SSSR count). The van der Waals surface area contributed by atoms with Gasteiger partial charge in [-0.1, -0.05) is 17.7 Å². The molecule has 1 fully saturated rings. The lowest BCUT2D eigenvalue weighted by molar-refractivity contribution is -0.117. The van der Waals surface area contributed by atoms with Gasteiger partial charge in [-0.3, -0.25) is 4.79 Å². The molecule has 0 saturated heterocycles. The molecule has 1 aromatic carbocycles. The first kappa shape index (κ1) is 19.8. The molecule has 26 heavy (non-hydrogen) atoms. The van der Waals surface area contributed by atoms with Gasteiger partial charge < -0.3 is 15.4 Å². The first-order valence-corrected chi connectivity index (χ1v) is 8.84. The van der Waals surface area contributed by atoms with Crippen LogP contribution in [0.4, 0.5) is 0 Å². The maximum Gasteiger partial charge on any atom is 0.251 e. The molecule has 0 aromatic heterocycles. The van der Waals surface area contributed by atoms with Crippen LogP contribution in [0.25, 0.3) is 0 Å². The molecule has 5 nitrogen and oxygen atoms in total. The summed E-state index contributed by atoms with van der Waals surface area (Å²) in [5.41, 5.74) is 3.50. The van der Waals surface area contributed by atoms with Gasteiger partial charge in [0.05, 0.1) is 7.11 Å². The molecule has 0 bridgehead atoms. The van der Waals surface area contributed by atoms with Crippen LogP contribution in [0.3, 0.4) is 0 Å². The summed E-state index contributed by atoms with van der Waals surface area (Å²) in [5, 5.41) is 6.41. The predicted octanol–water partition coefficient (Wildman–Crippen LogP) is 3.72. The van der Waals surface area contributed by atoms with E-state index < -0.39 is 0 Å². The van der Waals surface area contributed by atoms with Crippen molar-refractivity contribution in [3.8, 4) is 5.75 Å². The van der Waals surface area contributed by atoms with Crippen LogP contribution in [-0.2, 0) is 11.3 Å². The zero-order valence-corrected chi connectivity index (χ0v) is 16.4. The van der Waals surface area contributed by atoms with Crippen molar-refractivity contribution < 1.29 is 9.53 Å². The van der Waals surface area contributed by atoms with Gasteiger partial charge in [0.2, 0.25) is 0 Å². The molecule has 2 N–H and O–H groups in total. The van der Waals surface area contributed by atoms with Gasteiger partial charge >= 0.3 is 0 Å². The van der Waals surface area contributed by atoms with Crippen LogP contribution in [0.5, 0.6) is 5.75 Å². The van der Waals surface area contributed by atoms with Crippen molar-refractivity contribution in [3.05, 3.63) is 52.4 Å². The van der Waals surface area contributed by atoms with Gasteiger partial charge in [-0.2, -0.15) is 0 Å². The molecule has 1 aromatic rings. The zero-order chi connectivity index (χ0) is 19.3. The lowest BCUT2D eigenvalue weighted by atomic mass is 10.0. The molecule has 1 saturated carbocycles. The van der Waals surface area contributed by atoms with Gasteiger partial charge in [-0.15, -0.1) is 0 Å². The molecule has 0 unspecified atom stereocenters. The van der Waals surface area contributed by atoms with Crippen LogP contribution in [0.2, 0.25) is 0 Å². The van der Waals surface area contributed by atoms with Crippen molar-refractivity contribution in [2.45, 2.75) is 52.6 Å². The number of hydrogen-bond donors (Lipinski definition) is 2. The fourth-order valence-electron chi connectivity index (χ4n) is 2.76. The highest BCUT2D eigenvalue weighted by Crippen LogP contribution is 2.36.